The number of nitrogens with zero attached hydrogens (tertiary/aromatic N) is 1. The quantitative estimate of drug-likeness (QED) is 0.832. The highest BCUT2D eigenvalue weighted by atomic mass is 35.5. The normalized spacial score (nSPS) is 23.5. The van der Waals surface area contributed by atoms with E-state index in [1.54, 1.807) is 18.2 Å². The molecule has 24 heavy (non-hydrogen) atoms. The third-order valence-electron chi connectivity index (χ3n) is 5.25. The SMILES string of the molecule is O=C(NC(C1CCC1)N1CCCC(CO)C1)c1ccc(Cl)cc1Cl. The largest absolute Gasteiger partial charge is 0.396 e. The van der Waals surface area contributed by atoms with Crippen LogP contribution in [0.2, 0.25) is 10.0 Å². The van der Waals surface area contributed by atoms with Crippen LogP contribution in [-0.2, 0) is 0 Å². The number of aliphatic hydroxyl groups excluding tert-OH is 1. The summed E-state index contributed by atoms with van der Waals surface area (Å²) in [7, 11) is 0. The Morgan fingerprint density at radius 1 is 1.29 bits per heavy atom. The van der Waals surface area contributed by atoms with Gasteiger partial charge in [0.05, 0.1) is 16.8 Å². The molecule has 1 amide bonds. The summed E-state index contributed by atoms with van der Waals surface area (Å²) in [6.07, 6.45) is 5.63. The number of hydrogen-bond acceptors (Lipinski definition) is 3. The molecule has 6 heteroatoms. The van der Waals surface area contributed by atoms with E-state index < -0.39 is 0 Å². The van der Waals surface area contributed by atoms with Gasteiger partial charge in [-0.2, -0.15) is 0 Å². The average Bonchev–Trinajstić information content (AvgIpc) is 2.52. The molecule has 1 heterocycles. The van der Waals surface area contributed by atoms with Crippen molar-refractivity contribution in [3.63, 3.8) is 0 Å². The number of rotatable bonds is 5. The Hall–Kier alpha value is -0.810. The second kappa shape index (κ2) is 8.05. The van der Waals surface area contributed by atoms with E-state index in [1.165, 1.54) is 6.42 Å². The highest BCUT2D eigenvalue weighted by molar-refractivity contribution is 6.36. The smallest absolute Gasteiger partial charge is 0.254 e. The average molecular weight is 371 g/mol. The third-order valence-corrected chi connectivity index (χ3v) is 5.80. The molecular weight excluding hydrogens is 347 g/mol. The van der Waals surface area contributed by atoms with Gasteiger partial charge >= 0.3 is 0 Å². The summed E-state index contributed by atoms with van der Waals surface area (Å²) < 4.78 is 0. The first-order valence-corrected chi connectivity index (χ1v) is 9.45. The number of piperidine rings is 1. The zero-order chi connectivity index (χ0) is 17.1. The van der Waals surface area contributed by atoms with Gasteiger partial charge in [-0.15, -0.1) is 0 Å². The molecule has 1 aliphatic carbocycles. The Morgan fingerprint density at radius 3 is 2.71 bits per heavy atom. The zero-order valence-electron chi connectivity index (χ0n) is 13.7. The summed E-state index contributed by atoms with van der Waals surface area (Å²) in [6, 6.07) is 4.95. The maximum absolute atomic E-state index is 12.7. The first-order chi connectivity index (χ1) is 11.6. The minimum absolute atomic E-state index is 0.0207. The van der Waals surface area contributed by atoms with E-state index in [1.807, 2.05) is 0 Å². The van der Waals surface area contributed by atoms with Crippen LogP contribution in [0.4, 0.5) is 0 Å². The van der Waals surface area contributed by atoms with Crippen LogP contribution in [0.15, 0.2) is 18.2 Å². The van der Waals surface area contributed by atoms with Crippen molar-refractivity contribution in [3.05, 3.63) is 33.8 Å². The Bertz CT molecular complexity index is 592. The molecule has 2 unspecified atom stereocenters. The Balaban J connectivity index is 1.73. The van der Waals surface area contributed by atoms with Crippen LogP contribution in [0.3, 0.4) is 0 Å². The number of nitrogens with one attached hydrogen (secondary N) is 1. The predicted octanol–water partition coefficient (Wildman–Crippen LogP) is 3.55. The van der Waals surface area contributed by atoms with Gasteiger partial charge in [0, 0.05) is 24.7 Å². The van der Waals surface area contributed by atoms with E-state index in [4.69, 9.17) is 23.2 Å². The fraction of sp³-hybridized carbons (Fsp3) is 0.611. The lowest BCUT2D eigenvalue weighted by Gasteiger charge is -2.44. The first kappa shape index (κ1) is 18.0. The highest BCUT2D eigenvalue weighted by Gasteiger charge is 2.35. The number of carbonyl (C=O) groups is 1. The molecule has 0 aromatic heterocycles. The molecule has 2 fully saturated rings. The maximum Gasteiger partial charge on any atom is 0.254 e. The lowest BCUT2D eigenvalue weighted by molar-refractivity contribution is 0.0231. The number of halogens is 2. The summed E-state index contributed by atoms with van der Waals surface area (Å²) in [5, 5.41) is 13.6. The molecule has 4 nitrogen and oxygen atoms in total. The monoisotopic (exact) mass is 370 g/mol. The van der Waals surface area contributed by atoms with E-state index >= 15 is 0 Å². The minimum atomic E-state index is -0.153. The molecule has 1 saturated heterocycles. The fourth-order valence-corrected chi connectivity index (χ4v) is 4.14. The number of aliphatic hydroxyl groups is 1. The van der Waals surface area contributed by atoms with Gasteiger partial charge in [-0.25, -0.2) is 0 Å². The third kappa shape index (κ3) is 4.05. The molecule has 1 aromatic carbocycles. The molecule has 1 aromatic rings. The van der Waals surface area contributed by atoms with Crippen LogP contribution in [0.1, 0.15) is 42.5 Å². The standard InChI is InChI=1S/C18H24Cl2N2O2/c19-14-6-7-15(16(20)9-14)18(24)21-17(13-4-1-5-13)22-8-2-3-12(10-22)11-23/h6-7,9,12-13,17,23H,1-5,8,10-11H2,(H,21,24). The van der Waals surface area contributed by atoms with E-state index in [0.29, 0.717) is 27.4 Å². The van der Waals surface area contributed by atoms with Crippen molar-refractivity contribution in [3.8, 4) is 0 Å². The van der Waals surface area contributed by atoms with E-state index in [-0.39, 0.29) is 18.7 Å². The molecule has 1 saturated carbocycles. The van der Waals surface area contributed by atoms with Gasteiger partial charge in [0.2, 0.25) is 0 Å². The van der Waals surface area contributed by atoms with Crippen LogP contribution < -0.4 is 5.32 Å². The van der Waals surface area contributed by atoms with Gasteiger partial charge < -0.3 is 10.4 Å². The van der Waals surface area contributed by atoms with Crippen molar-refractivity contribution in [2.24, 2.45) is 11.8 Å². The molecule has 1 aliphatic heterocycles. The number of carbonyl (C=O) groups excluding carboxylic acids is 1. The van der Waals surface area contributed by atoms with Gasteiger partial charge in [-0.3, -0.25) is 9.69 Å². The number of hydrogen-bond donors (Lipinski definition) is 2. The van der Waals surface area contributed by atoms with Crippen LogP contribution in [0.5, 0.6) is 0 Å². The molecule has 0 bridgehead atoms. The van der Waals surface area contributed by atoms with Gasteiger partial charge in [-0.1, -0.05) is 29.6 Å². The molecule has 0 spiro atoms. The second-order valence-electron chi connectivity index (χ2n) is 6.92. The molecule has 2 atom stereocenters. The van der Waals surface area contributed by atoms with Crippen LogP contribution in [0, 0.1) is 11.8 Å². The van der Waals surface area contributed by atoms with Crippen molar-refractivity contribution in [2.75, 3.05) is 19.7 Å². The van der Waals surface area contributed by atoms with Gasteiger partial charge in [0.15, 0.2) is 0 Å². The summed E-state index contributed by atoms with van der Waals surface area (Å²) in [5.74, 6) is 0.634. The summed E-state index contributed by atoms with van der Waals surface area (Å²) in [6.45, 7) is 2.02. The van der Waals surface area contributed by atoms with Crippen molar-refractivity contribution >= 4 is 29.1 Å². The van der Waals surface area contributed by atoms with Gasteiger partial charge in [0.1, 0.15) is 0 Å². The summed E-state index contributed by atoms with van der Waals surface area (Å²) >= 11 is 12.1. The fourth-order valence-electron chi connectivity index (χ4n) is 3.65. The minimum Gasteiger partial charge on any atom is -0.396 e. The van der Waals surface area contributed by atoms with Crippen molar-refractivity contribution in [2.45, 2.75) is 38.3 Å². The molecular formula is C18H24Cl2N2O2. The molecule has 3 rings (SSSR count). The van der Waals surface area contributed by atoms with Gasteiger partial charge in [-0.05, 0) is 55.7 Å². The van der Waals surface area contributed by atoms with Crippen molar-refractivity contribution < 1.29 is 9.90 Å². The van der Waals surface area contributed by atoms with Crippen LogP contribution in [-0.4, -0.2) is 41.8 Å². The zero-order valence-corrected chi connectivity index (χ0v) is 15.2. The molecule has 132 valence electrons. The Labute approximate surface area is 153 Å². The topological polar surface area (TPSA) is 52.6 Å². The Kier molecular flexibility index (Phi) is 6.03. The van der Waals surface area contributed by atoms with Crippen LogP contribution >= 0.6 is 23.2 Å². The Morgan fingerprint density at radius 2 is 2.08 bits per heavy atom. The second-order valence-corrected chi connectivity index (χ2v) is 7.76. The van der Waals surface area contributed by atoms with Crippen molar-refractivity contribution in [1.82, 2.24) is 10.2 Å². The molecule has 2 N–H and O–H groups in total. The summed E-state index contributed by atoms with van der Waals surface area (Å²) in [4.78, 5) is 15.0. The number of likely N-dealkylation sites (tertiary alicyclic amines) is 1. The van der Waals surface area contributed by atoms with Gasteiger partial charge in [0.25, 0.3) is 5.91 Å². The lowest BCUT2D eigenvalue weighted by Crippen LogP contribution is -2.57. The molecule has 0 radical (unpaired) electrons. The summed E-state index contributed by atoms with van der Waals surface area (Å²) in [5.41, 5.74) is 0.459. The van der Waals surface area contributed by atoms with E-state index in [2.05, 4.69) is 10.2 Å². The number of benzene rings is 1. The van der Waals surface area contributed by atoms with Crippen LogP contribution in [0.25, 0.3) is 0 Å². The maximum atomic E-state index is 12.7. The van der Waals surface area contributed by atoms with E-state index in [9.17, 15) is 9.90 Å². The first-order valence-electron chi connectivity index (χ1n) is 8.69. The van der Waals surface area contributed by atoms with E-state index in [0.717, 1.165) is 38.8 Å². The predicted molar refractivity (Wildman–Crippen MR) is 96.4 cm³/mol. The van der Waals surface area contributed by atoms with Crippen molar-refractivity contribution in [1.29, 1.82) is 0 Å². The molecule has 2 aliphatic rings. The number of amides is 1. The lowest BCUT2D eigenvalue weighted by atomic mass is 9.81. The highest BCUT2D eigenvalue weighted by Crippen LogP contribution is 2.33.